The van der Waals surface area contributed by atoms with Crippen molar-refractivity contribution in [1.29, 1.82) is 0 Å². The summed E-state index contributed by atoms with van der Waals surface area (Å²) >= 11 is 6.06. The number of rotatable bonds is 2. The molecule has 0 saturated carbocycles. The number of carbonyl (C=O) groups is 1. The quantitative estimate of drug-likeness (QED) is 0.722. The summed E-state index contributed by atoms with van der Waals surface area (Å²) in [6, 6.07) is 3.64. The first-order valence-corrected chi connectivity index (χ1v) is 5.50. The van der Waals surface area contributed by atoms with E-state index in [9.17, 15) is 4.79 Å². The molecule has 3 nitrogen and oxygen atoms in total. The lowest BCUT2D eigenvalue weighted by molar-refractivity contribution is -0.111. The average molecular weight is 225 g/mol. The fraction of sp³-hybridized carbons (Fsp3) is 0.455. The molecule has 0 aliphatic carbocycles. The van der Waals surface area contributed by atoms with E-state index in [2.05, 4.69) is 9.88 Å². The van der Waals surface area contributed by atoms with E-state index < -0.39 is 0 Å². The number of hydrogen-bond donors (Lipinski definition) is 0. The summed E-state index contributed by atoms with van der Waals surface area (Å²) in [4.78, 5) is 17.1. The largest absolute Gasteiger partial charge is 0.355 e. The lowest BCUT2D eigenvalue weighted by Crippen LogP contribution is -2.36. The molecule has 1 aromatic rings. The van der Waals surface area contributed by atoms with Crippen LogP contribution in [0.25, 0.3) is 0 Å². The van der Waals surface area contributed by atoms with Gasteiger partial charge < -0.3 is 9.69 Å². The lowest BCUT2D eigenvalue weighted by Gasteiger charge is -2.31. The van der Waals surface area contributed by atoms with Crippen LogP contribution in [0.5, 0.6) is 0 Å². The number of aldehydes is 1. The van der Waals surface area contributed by atoms with Gasteiger partial charge in [-0.25, -0.2) is 4.98 Å². The third-order valence-corrected chi connectivity index (χ3v) is 2.98. The van der Waals surface area contributed by atoms with Gasteiger partial charge in [-0.15, -0.1) is 0 Å². The summed E-state index contributed by atoms with van der Waals surface area (Å²) < 4.78 is 0. The molecule has 0 amide bonds. The van der Waals surface area contributed by atoms with Gasteiger partial charge in [0.25, 0.3) is 0 Å². The van der Waals surface area contributed by atoms with Gasteiger partial charge >= 0.3 is 0 Å². The van der Waals surface area contributed by atoms with Crippen molar-refractivity contribution in [2.75, 3.05) is 18.0 Å². The number of nitrogens with zero attached hydrogens (tertiary/aromatic N) is 2. The van der Waals surface area contributed by atoms with Gasteiger partial charge in [0.1, 0.15) is 12.1 Å². The molecule has 0 spiro atoms. The Morgan fingerprint density at radius 2 is 2.47 bits per heavy atom. The van der Waals surface area contributed by atoms with Gasteiger partial charge in [-0.1, -0.05) is 11.6 Å². The predicted molar refractivity (Wildman–Crippen MR) is 60.2 cm³/mol. The topological polar surface area (TPSA) is 33.2 Å². The zero-order valence-electron chi connectivity index (χ0n) is 8.40. The molecule has 1 aliphatic heterocycles. The Bertz CT molecular complexity index is 356. The third kappa shape index (κ3) is 2.29. The Kier molecular flexibility index (Phi) is 3.21. The SMILES string of the molecule is O=CC1CCCN(c2ncccc2Cl)C1. The van der Waals surface area contributed by atoms with Crippen molar-refractivity contribution in [3.05, 3.63) is 23.4 Å². The summed E-state index contributed by atoms with van der Waals surface area (Å²) in [5, 5.41) is 0.657. The highest BCUT2D eigenvalue weighted by Gasteiger charge is 2.21. The number of piperidine rings is 1. The monoisotopic (exact) mass is 224 g/mol. The number of carbonyl (C=O) groups excluding carboxylic acids is 1. The van der Waals surface area contributed by atoms with Gasteiger partial charge in [0.15, 0.2) is 0 Å². The van der Waals surface area contributed by atoms with Crippen molar-refractivity contribution >= 4 is 23.7 Å². The number of anilines is 1. The Hall–Kier alpha value is -1.09. The maximum Gasteiger partial charge on any atom is 0.147 e. The Morgan fingerprint density at radius 1 is 1.60 bits per heavy atom. The van der Waals surface area contributed by atoms with E-state index in [1.807, 2.05) is 12.1 Å². The first-order valence-electron chi connectivity index (χ1n) is 5.12. The molecule has 1 atom stereocenters. The summed E-state index contributed by atoms with van der Waals surface area (Å²) in [5.41, 5.74) is 0. The van der Waals surface area contributed by atoms with Crippen LogP contribution in [0.1, 0.15) is 12.8 Å². The molecule has 0 aromatic carbocycles. The molecule has 2 heterocycles. The standard InChI is InChI=1S/C11H13ClN2O/c12-10-4-1-5-13-11(10)14-6-2-3-9(7-14)8-15/h1,4-5,8-9H,2-3,6-7H2. The highest BCUT2D eigenvalue weighted by molar-refractivity contribution is 6.32. The first-order chi connectivity index (χ1) is 7.31. The molecular weight excluding hydrogens is 212 g/mol. The Balaban J connectivity index is 2.16. The molecule has 0 N–H and O–H groups in total. The van der Waals surface area contributed by atoms with E-state index in [1.165, 1.54) is 0 Å². The van der Waals surface area contributed by atoms with Crippen LogP contribution in [-0.2, 0) is 4.79 Å². The van der Waals surface area contributed by atoms with Crippen LogP contribution in [0.4, 0.5) is 5.82 Å². The van der Waals surface area contributed by atoms with Crippen LogP contribution < -0.4 is 4.90 Å². The molecule has 1 aromatic heterocycles. The van der Waals surface area contributed by atoms with E-state index in [0.717, 1.165) is 38.0 Å². The third-order valence-electron chi connectivity index (χ3n) is 2.69. The van der Waals surface area contributed by atoms with Crippen LogP contribution in [0.3, 0.4) is 0 Å². The molecule has 2 rings (SSSR count). The Labute approximate surface area is 94.1 Å². The first kappa shape index (κ1) is 10.4. The molecule has 1 unspecified atom stereocenters. The van der Waals surface area contributed by atoms with Crippen molar-refractivity contribution in [3.63, 3.8) is 0 Å². The summed E-state index contributed by atoms with van der Waals surface area (Å²) in [5.74, 6) is 0.919. The van der Waals surface area contributed by atoms with Crippen LogP contribution in [0, 0.1) is 5.92 Å². The van der Waals surface area contributed by atoms with E-state index in [-0.39, 0.29) is 5.92 Å². The second-order valence-corrected chi connectivity index (χ2v) is 4.20. The van der Waals surface area contributed by atoms with Crippen molar-refractivity contribution in [2.24, 2.45) is 5.92 Å². The highest BCUT2D eigenvalue weighted by Crippen LogP contribution is 2.26. The van der Waals surface area contributed by atoms with Crippen LogP contribution >= 0.6 is 11.6 Å². The zero-order chi connectivity index (χ0) is 10.7. The minimum absolute atomic E-state index is 0.122. The van der Waals surface area contributed by atoms with Gasteiger partial charge in [-0.2, -0.15) is 0 Å². The van der Waals surface area contributed by atoms with Gasteiger partial charge in [-0.05, 0) is 25.0 Å². The molecule has 1 saturated heterocycles. The predicted octanol–water partition coefficient (Wildman–Crippen LogP) is 2.15. The Morgan fingerprint density at radius 3 is 3.20 bits per heavy atom. The fourth-order valence-corrected chi connectivity index (χ4v) is 2.16. The normalized spacial score (nSPS) is 21.4. The lowest BCUT2D eigenvalue weighted by atomic mass is 10.00. The molecule has 0 bridgehead atoms. The molecule has 80 valence electrons. The summed E-state index contributed by atoms with van der Waals surface area (Å²) in [6.45, 7) is 1.67. The molecular formula is C11H13ClN2O. The number of halogens is 1. The molecule has 4 heteroatoms. The fourth-order valence-electron chi connectivity index (χ4n) is 1.92. The highest BCUT2D eigenvalue weighted by atomic mass is 35.5. The number of pyridine rings is 1. The van der Waals surface area contributed by atoms with Gasteiger partial charge in [0, 0.05) is 25.2 Å². The van der Waals surface area contributed by atoms with Crippen molar-refractivity contribution in [3.8, 4) is 0 Å². The maximum atomic E-state index is 10.7. The minimum atomic E-state index is 0.122. The van der Waals surface area contributed by atoms with Gasteiger partial charge in [-0.3, -0.25) is 0 Å². The van der Waals surface area contributed by atoms with E-state index in [0.29, 0.717) is 5.02 Å². The van der Waals surface area contributed by atoms with E-state index in [4.69, 9.17) is 11.6 Å². The summed E-state index contributed by atoms with van der Waals surface area (Å²) in [6.07, 6.45) is 4.76. The zero-order valence-corrected chi connectivity index (χ0v) is 9.15. The molecule has 1 aliphatic rings. The maximum absolute atomic E-state index is 10.7. The van der Waals surface area contributed by atoms with Crippen LogP contribution in [-0.4, -0.2) is 24.4 Å². The molecule has 0 radical (unpaired) electrons. The summed E-state index contributed by atoms with van der Waals surface area (Å²) in [7, 11) is 0. The molecule has 15 heavy (non-hydrogen) atoms. The van der Waals surface area contributed by atoms with Crippen LogP contribution in [0.2, 0.25) is 5.02 Å². The molecule has 1 fully saturated rings. The number of hydrogen-bond acceptors (Lipinski definition) is 3. The van der Waals surface area contributed by atoms with E-state index >= 15 is 0 Å². The van der Waals surface area contributed by atoms with Crippen molar-refractivity contribution < 1.29 is 4.79 Å². The second-order valence-electron chi connectivity index (χ2n) is 3.79. The van der Waals surface area contributed by atoms with Crippen molar-refractivity contribution in [1.82, 2.24) is 4.98 Å². The van der Waals surface area contributed by atoms with Crippen LogP contribution in [0.15, 0.2) is 18.3 Å². The van der Waals surface area contributed by atoms with Crippen molar-refractivity contribution in [2.45, 2.75) is 12.8 Å². The number of aromatic nitrogens is 1. The minimum Gasteiger partial charge on any atom is -0.355 e. The second kappa shape index (κ2) is 4.62. The van der Waals surface area contributed by atoms with E-state index in [1.54, 1.807) is 6.20 Å². The van der Waals surface area contributed by atoms with Gasteiger partial charge in [0.2, 0.25) is 0 Å². The average Bonchev–Trinajstić information content (AvgIpc) is 2.30. The van der Waals surface area contributed by atoms with Gasteiger partial charge in [0.05, 0.1) is 5.02 Å². The smallest absolute Gasteiger partial charge is 0.147 e.